The predicted molar refractivity (Wildman–Crippen MR) is 72.9 cm³/mol. The molecule has 1 aromatic carbocycles. The second kappa shape index (κ2) is 4.59. The number of carboxylic acid groups (broad SMARTS) is 1. The summed E-state index contributed by atoms with van der Waals surface area (Å²) in [5.41, 5.74) is 1.64. The Morgan fingerprint density at radius 1 is 1.40 bits per heavy atom. The highest BCUT2D eigenvalue weighted by molar-refractivity contribution is 5.89. The molecule has 5 heteroatoms. The van der Waals surface area contributed by atoms with Gasteiger partial charge in [0, 0.05) is 17.9 Å². The van der Waals surface area contributed by atoms with E-state index in [1.54, 1.807) is 4.90 Å². The molecule has 3 rings (SSSR count). The van der Waals surface area contributed by atoms with Crippen molar-refractivity contribution in [2.24, 2.45) is 0 Å². The Kier molecular flexibility index (Phi) is 2.89. The van der Waals surface area contributed by atoms with Crippen LogP contribution in [-0.4, -0.2) is 22.1 Å². The number of hydrogen-bond acceptors (Lipinski definition) is 3. The summed E-state index contributed by atoms with van der Waals surface area (Å²) in [7, 11) is 0. The lowest BCUT2D eigenvalue weighted by molar-refractivity contribution is 0.0691. The van der Waals surface area contributed by atoms with E-state index >= 15 is 0 Å². The zero-order valence-corrected chi connectivity index (χ0v) is 10.9. The number of nitrogens with zero attached hydrogens (tertiary/aromatic N) is 2. The van der Waals surface area contributed by atoms with Crippen LogP contribution in [0.1, 0.15) is 22.8 Å². The van der Waals surface area contributed by atoms with Crippen LogP contribution in [0.5, 0.6) is 0 Å². The maximum Gasteiger partial charge on any atom is 0.338 e. The lowest BCUT2D eigenvalue weighted by Crippen LogP contribution is -2.26. The first-order valence-corrected chi connectivity index (χ1v) is 6.34. The quantitative estimate of drug-likeness (QED) is 0.913. The molecule has 1 N–H and O–H groups in total. The smallest absolute Gasteiger partial charge is 0.338 e. The highest BCUT2D eigenvalue weighted by Crippen LogP contribution is 2.38. The van der Waals surface area contributed by atoms with Crippen LogP contribution in [0, 0.1) is 5.82 Å². The highest BCUT2D eigenvalue weighted by Gasteiger charge is 2.31. The van der Waals surface area contributed by atoms with E-state index in [2.05, 4.69) is 4.98 Å². The summed E-state index contributed by atoms with van der Waals surface area (Å²) in [6.07, 6.45) is 2.12. The van der Waals surface area contributed by atoms with Crippen molar-refractivity contribution in [2.45, 2.75) is 19.4 Å². The van der Waals surface area contributed by atoms with Crippen LogP contribution in [0.3, 0.4) is 0 Å². The molecule has 4 nitrogen and oxygen atoms in total. The van der Waals surface area contributed by atoms with Gasteiger partial charge in [0.05, 0.1) is 0 Å². The van der Waals surface area contributed by atoms with Gasteiger partial charge in [0.1, 0.15) is 5.56 Å². The van der Waals surface area contributed by atoms with Crippen LogP contribution in [0.25, 0.3) is 0 Å². The Labute approximate surface area is 115 Å². The normalized spacial score (nSPS) is 17.1. The Hall–Kier alpha value is -2.43. The predicted octanol–water partition coefficient (Wildman–Crippen LogP) is 3.00. The molecule has 0 aliphatic carbocycles. The molecule has 102 valence electrons. The Morgan fingerprint density at radius 2 is 2.15 bits per heavy atom. The molecule has 0 spiro atoms. The van der Waals surface area contributed by atoms with Gasteiger partial charge in [-0.3, -0.25) is 0 Å². The molecular formula is C15H13FN2O2. The third-order valence-electron chi connectivity index (χ3n) is 3.54. The number of anilines is 2. The largest absolute Gasteiger partial charge is 0.478 e. The molecule has 1 aliphatic rings. The number of hydrogen-bond donors (Lipinski definition) is 1. The number of halogens is 1. The summed E-state index contributed by atoms with van der Waals surface area (Å²) in [6, 6.07) is 8.92. The van der Waals surface area contributed by atoms with Crippen molar-refractivity contribution in [3.63, 3.8) is 0 Å². The van der Waals surface area contributed by atoms with E-state index in [1.165, 1.54) is 12.3 Å². The number of fused-ring (bicyclic) bond motifs is 1. The van der Waals surface area contributed by atoms with Crippen molar-refractivity contribution in [1.82, 2.24) is 4.98 Å². The zero-order valence-electron chi connectivity index (χ0n) is 10.9. The highest BCUT2D eigenvalue weighted by atomic mass is 19.1. The summed E-state index contributed by atoms with van der Waals surface area (Å²) in [5, 5.41) is 9.01. The van der Waals surface area contributed by atoms with E-state index in [0.29, 0.717) is 0 Å². The minimum absolute atomic E-state index is 0.0402. The number of aromatic carboxylic acids is 1. The van der Waals surface area contributed by atoms with Gasteiger partial charge in [-0.1, -0.05) is 18.2 Å². The summed E-state index contributed by atoms with van der Waals surface area (Å²) in [6.45, 7) is 1.97. The summed E-state index contributed by atoms with van der Waals surface area (Å²) >= 11 is 0. The molecule has 0 amide bonds. The number of pyridine rings is 1. The fraction of sp³-hybridized carbons (Fsp3) is 0.200. The van der Waals surface area contributed by atoms with E-state index in [1.807, 2.05) is 31.2 Å². The fourth-order valence-corrected chi connectivity index (χ4v) is 2.65. The van der Waals surface area contributed by atoms with Gasteiger partial charge in [-0.2, -0.15) is 0 Å². The van der Waals surface area contributed by atoms with Crippen LogP contribution >= 0.6 is 0 Å². The van der Waals surface area contributed by atoms with Crippen molar-refractivity contribution >= 4 is 17.5 Å². The Morgan fingerprint density at radius 3 is 2.90 bits per heavy atom. The van der Waals surface area contributed by atoms with Crippen molar-refractivity contribution in [2.75, 3.05) is 4.90 Å². The molecule has 2 aromatic rings. The molecule has 1 aromatic heterocycles. The summed E-state index contributed by atoms with van der Waals surface area (Å²) < 4.78 is 14.4. The minimum Gasteiger partial charge on any atom is -0.478 e. The van der Waals surface area contributed by atoms with Crippen LogP contribution in [0.2, 0.25) is 0 Å². The number of benzene rings is 1. The molecule has 2 heterocycles. The molecule has 20 heavy (non-hydrogen) atoms. The zero-order chi connectivity index (χ0) is 14.3. The van der Waals surface area contributed by atoms with E-state index in [-0.39, 0.29) is 17.4 Å². The number of carboxylic acids is 1. The molecule has 0 radical (unpaired) electrons. The van der Waals surface area contributed by atoms with Gasteiger partial charge in [-0.15, -0.1) is 0 Å². The monoisotopic (exact) mass is 272 g/mol. The van der Waals surface area contributed by atoms with Gasteiger partial charge in [0.2, 0.25) is 0 Å². The van der Waals surface area contributed by atoms with Crippen molar-refractivity contribution in [3.05, 3.63) is 53.5 Å². The van der Waals surface area contributed by atoms with E-state index < -0.39 is 11.8 Å². The van der Waals surface area contributed by atoms with E-state index in [0.717, 1.165) is 17.7 Å². The lowest BCUT2D eigenvalue weighted by atomic mass is 10.1. The first-order valence-electron chi connectivity index (χ1n) is 6.34. The SMILES string of the molecule is CC1Cc2ccccc2N1c1nccc(C(=O)O)c1F. The third-order valence-corrected chi connectivity index (χ3v) is 3.54. The van der Waals surface area contributed by atoms with Crippen LogP contribution in [0.4, 0.5) is 15.9 Å². The molecule has 0 saturated carbocycles. The molecular weight excluding hydrogens is 259 g/mol. The van der Waals surface area contributed by atoms with Crippen LogP contribution in [0.15, 0.2) is 36.5 Å². The van der Waals surface area contributed by atoms with E-state index in [4.69, 9.17) is 5.11 Å². The Balaban J connectivity index is 2.15. The van der Waals surface area contributed by atoms with Gasteiger partial charge in [0.15, 0.2) is 11.6 Å². The van der Waals surface area contributed by atoms with Crippen LogP contribution in [-0.2, 0) is 6.42 Å². The first-order chi connectivity index (χ1) is 9.59. The standard InChI is InChI=1S/C15H13FN2O2/c1-9-8-10-4-2-3-5-12(10)18(9)14-13(16)11(15(19)20)6-7-17-14/h2-7,9H,8H2,1H3,(H,19,20). The molecule has 1 atom stereocenters. The molecule has 0 bridgehead atoms. The average Bonchev–Trinajstić information content (AvgIpc) is 2.75. The first kappa shape index (κ1) is 12.6. The van der Waals surface area contributed by atoms with Crippen molar-refractivity contribution in [1.29, 1.82) is 0 Å². The van der Waals surface area contributed by atoms with Gasteiger partial charge >= 0.3 is 5.97 Å². The second-order valence-corrected chi connectivity index (χ2v) is 4.85. The van der Waals surface area contributed by atoms with Gasteiger partial charge < -0.3 is 10.0 Å². The Bertz CT molecular complexity index is 687. The number of aromatic nitrogens is 1. The third kappa shape index (κ3) is 1.82. The second-order valence-electron chi connectivity index (χ2n) is 4.85. The van der Waals surface area contributed by atoms with Gasteiger partial charge in [0.25, 0.3) is 0 Å². The minimum atomic E-state index is -1.29. The molecule has 1 aliphatic heterocycles. The van der Waals surface area contributed by atoms with Crippen LogP contribution < -0.4 is 4.90 Å². The maximum atomic E-state index is 14.4. The number of rotatable bonds is 2. The molecule has 0 fully saturated rings. The van der Waals surface area contributed by atoms with Crippen molar-refractivity contribution in [3.8, 4) is 0 Å². The van der Waals surface area contributed by atoms with Crippen molar-refractivity contribution < 1.29 is 14.3 Å². The number of para-hydroxylation sites is 1. The van der Waals surface area contributed by atoms with Gasteiger partial charge in [-0.25, -0.2) is 14.2 Å². The summed E-state index contributed by atoms with van der Waals surface area (Å²) in [5.74, 6) is -2.00. The average molecular weight is 272 g/mol. The van der Waals surface area contributed by atoms with Gasteiger partial charge in [-0.05, 0) is 31.0 Å². The van der Waals surface area contributed by atoms with E-state index in [9.17, 15) is 9.18 Å². The maximum absolute atomic E-state index is 14.4. The lowest BCUT2D eigenvalue weighted by Gasteiger charge is -2.24. The summed E-state index contributed by atoms with van der Waals surface area (Å²) in [4.78, 5) is 16.8. The topological polar surface area (TPSA) is 53.4 Å². The number of carbonyl (C=O) groups is 1. The molecule has 1 unspecified atom stereocenters. The fourth-order valence-electron chi connectivity index (χ4n) is 2.65. The molecule has 0 saturated heterocycles.